The first-order chi connectivity index (χ1) is 8.59. The molecule has 96 valence electrons. The van der Waals surface area contributed by atoms with Crippen LogP contribution in [0.3, 0.4) is 0 Å². The van der Waals surface area contributed by atoms with Gasteiger partial charge in [0.25, 0.3) is 0 Å². The van der Waals surface area contributed by atoms with Gasteiger partial charge in [0.1, 0.15) is 17.1 Å². The lowest BCUT2D eigenvalue weighted by Crippen LogP contribution is -2.22. The molecule has 0 fully saturated rings. The van der Waals surface area contributed by atoms with E-state index in [1.165, 1.54) is 11.3 Å². The summed E-state index contributed by atoms with van der Waals surface area (Å²) < 4.78 is 10.5. The second-order valence-electron chi connectivity index (χ2n) is 4.12. The molecular formula is C14H16O3S. The summed E-state index contributed by atoms with van der Waals surface area (Å²) in [5, 5.41) is 12.7. The quantitative estimate of drug-likeness (QED) is 0.922. The summed E-state index contributed by atoms with van der Waals surface area (Å²) in [7, 11) is 3.20. The Balaban J connectivity index is 2.54. The van der Waals surface area contributed by atoms with Crippen LogP contribution < -0.4 is 9.47 Å². The summed E-state index contributed by atoms with van der Waals surface area (Å²) in [4.78, 5) is 0.869. The van der Waals surface area contributed by atoms with E-state index in [9.17, 15) is 5.11 Å². The van der Waals surface area contributed by atoms with Gasteiger partial charge in [-0.2, -0.15) is 0 Å². The Labute approximate surface area is 111 Å². The minimum absolute atomic E-state index is 0.647. The molecule has 0 bridgehead atoms. The first-order valence-electron chi connectivity index (χ1n) is 5.58. The molecule has 0 radical (unpaired) electrons. The lowest BCUT2D eigenvalue weighted by Gasteiger charge is -2.25. The molecule has 2 aromatic rings. The molecule has 1 aromatic carbocycles. The van der Waals surface area contributed by atoms with Crippen LogP contribution in [0.4, 0.5) is 0 Å². The largest absolute Gasteiger partial charge is 0.497 e. The Morgan fingerprint density at radius 2 is 1.94 bits per heavy atom. The molecule has 4 heteroatoms. The molecule has 1 heterocycles. The summed E-state index contributed by atoms with van der Waals surface area (Å²) in [6.07, 6.45) is 0. The average molecular weight is 264 g/mol. The van der Waals surface area contributed by atoms with Crippen LogP contribution in [0.2, 0.25) is 0 Å². The Morgan fingerprint density at radius 1 is 1.17 bits per heavy atom. The molecule has 18 heavy (non-hydrogen) atoms. The number of rotatable bonds is 4. The van der Waals surface area contributed by atoms with Crippen molar-refractivity contribution in [2.75, 3.05) is 14.2 Å². The first-order valence-corrected chi connectivity index (χ1v) is 6.46. The van der Waals surface area contributed by atoms with Gasteiger partial charge in [0.2, 0.25) is 0 Å². The summed E-state index contributed by atoms with van der Waals surface area (Å²) >= 11 is 1.51. The van der Waals surface area contributed by atoms with Crippen molar-refractivity contribution in [3.05, 3.63) is 46.2 Å². The predicted octanol–water partition coefficient (Wildman–Crippen LogP) is 3.02. The molecule has 1 N–H and O–H groups in total. The lowest BCUT2D eigenvalue weighted by atomic mass is 9.93. The molecule has 1 unspecified atom stereocenters. The number of ether oxygens (including phenoxy) is 2. The SMILES string of the molecule is COc1ccc(OC)c(C(C)(O)c2cccs2)c1. The Kier molecular flexibility index (Phi) is 3.59. The highest BCUT2D eigenvalue weighted by Crippen LogP contribution is 2.39. The fourth-order valence-corrected chi connectivity index (χ4v) is 2.68. The van der Waals surface area contributed by atoms with Crippen LogP contribution in [-0.4, -0.2) is 19.3 Å². The average Bonchev–Trinajstić information content (AvgIpc) is 2.92. The van der Waals surface area contributed by atoms with Crippen molar-refractivity contribution in [3.63, 3.8) is 0 Å². The molecule has 0 spiro atoms. The van der Waals surface area contributed by atoms with Gasteiger partial charge < -0.3 is 14.6 Å². The van der Waals surface area contributed by atoms with E-state index in [1.807, 2.05) is 23.6 Å². The van der Waals surface area contributed by atoms with Crippen molar-refractivity contribution in [1.29, 1.82) is 0 Å². The molecule has 2 rings (SSSR count). The van der Waals surface area contributed by atoms with Gasteiger partial charge in [0.15, 0.2) is 0 Å². The maximum atomic E-state index is 10.8. The number of hydrogen-bond donors (Lipinski definition) is 1. The summed E-state index contributed by atoms with van der Waals surface area (Å²) in [5.41, 5.74) is -0.388. The van der Waals surface area contributed by atoms with E-state index in [4.69, 9.17) is 9.47 Å². The third kappa shape index (κ3) is 2.21. The molecule has 0 aliphatic carbocycles. The van der Waals surface area contributed by atoms with Crippen molar-refractivity contribution < 1.29 is 14.6 Å². The maximum absolute atomic E-state index is 10.8. The van der Waals surface area contributed by atoms with E-state index < -0.39 is 5.60 Å². The van der Waals surface area contributed by atoms with Crippen molar-refractivity contribution in [2.45, 2.75) is 12.5 Å². The topological polar surface area (TPSA) is 38.7 Å². The van der Waals surface area contributed by atoms with E-state index in [1.54, 1.807) is 33.3 Å². The Morgan fingerprint density at radius 3 is 2.50 bits per heavy atom. The third-order valence-corrected chi connectivity index (χ3v) is 4.01. The molecule has 0 saturated carbocycles. The molecule has 0 aliphatic heterocycles. The van der Waals surface area contributed by atoms with Crippen LogP contribution in [0.5, 0.6) is 11.5 Å². The highest BCUT2D eigenvalue weighted by Gasteiger charge is 2.30. The van der Waals surface area contributed by atoms with E-state index >= 15 is 0 Å². The number of hydrogen-bond acceptors (Lipinski definition) is 4. The van der Waals surface area contributed by atoms with Crippen molar-refractivity contribution in [1.82, 2.24) is 0 Å². The minimum atomic E-state index is -1.09. The summed E-state index contributed by atoms with van der Waals surface area (Å²) in [6, 6.07) is 9.24. The normalized spacial score (nSPS) is 14.0. The Bertz CT molecular complexity index is 518. The fraction of sp³-hybridized carbons (Fsp3) is 0.286. The van der Waals surface area contributed by atoms with Crippen LogP contribution in [-0.2, 0) is 5.60 Å². The standard InChI is InChI=1S/C14H16O3S/c1-14(15,13-5-4-8-18-13)11-9-10(16-2)6-7-12(11)17-3/h4-9,15H,1-3H3. The highest BCUT2D eigenvalue weighted by atomic mass is 32.1. The van der Waals surface area contributed by atoms with E-state index in [-0.39, 0.29) is 0 Å². The van der Waals surface area contributed by atoms with E-state index in [0.29, 0.717) is 17.1 Å². The molecular weight excluding hydrogens is 248 g/mol. The second kappa shape index (κ2) is 5.00. The fourth-order valence-electron chi connectivity index (χ4n) is 1.88. The molecule has 0 aliphatic rings. The van der Waals surface area contributed by atoms with Gasteiger partial charge in [-0.25, -0.2) is 0 Å². The van der Waals surface area contributed by atoms with Crippen LogP contribution in [0.15, 0.2) is 35.7 Å². The zero-order chi connectivity index (χ0) is 13.2. The van der Waals surface area contributed by atoms with E-state index in [0.717, 1.165) is 4.88 Å². The number of thiophene rings is 1. The van der Waals surface area contributed by atoms with Gasteiger partial charge in [-0.1, -0.05) is 6.07 Å². The van der Waals surface area contributed by atoms with Crippen molar-refractivity contribution >= 4 is 11.3 Å². The van der Waals surface area contributed by atoms with Gasteiger partial charge in [-0.15, -0.1) is 11.3 Å². The van der Waals surface area contributed by atoms with Crippen LogP contribution in [0.1, 0.15) is 17.4 Å². The third-order valence-electron chi connectivity index (χ3n) is 2.93. The molecule has 1 aromatic heterocycles. The minimum Gasteiger partial charge on any atom is -0.497 e. The van der Waals surface area contributed by atoms with Gasteiger partial charge in [-0.05, 0) is 36.6 Å². The van der Waals surface area contributed by atoms with Gasteiger partial charge in [0.05, 0.1) is 14.2 Å². The van der Waals surface area contributed by atoms with E-state index in [2.05, 4.69) is 0 Å². The second-order valence-corrected chi connectivity index (χ2v) is 5.06. The molecule has 3 nitrogen and oxygen atoms in total. The summed E-state index contributed by atoms with van der Waals surface area (Å²) in [6.45, 7) is 1.76. The molecule has 0 amide bonds. The molecule has 1 atom stereocenters. The zero-order valence-corrected chi connectivity index (χ0v) is 11.5. The highest BCUT2D eigenvalue weighted by molar-refractivity contribution is 7.10. The van der Waals surface area contributed by atoms with Crippen LogP contribution in [0, 0.1) is 0 Å². The Hall–Kier alpha value is -1.52. The predicted molar refractivity (Wildman–Crippen MR) is 72.5 cm³/mol. The zero-order valence-electron chi connectivity index (χ0n) is 10.6. The lowest BCUT2D eigenvalue weighted by molar-refractivity contribution is 0.103. The van der Waals surface area contributed by atoms with Gasteiger partial charge in [-0.3, -0.25) is 0 Å². The number of benzene rings is 1. The number of aliphatic hydroxyl groups is 1. The first kappa shape index (κ1) is 12.9. The maximum Gasteiger partial charge on any atom is 0.125 e. The monoisotopic (exact) mass is 264 g/mol. The molecule has 0 saturated heterocycles. The summed E-state index contributed by atoms with van der Waals surface area (Å²) in [5.74, 6) is 1.34. The van der Waals surface area contributed by atoms with Crippen molar-refractivity contribution in [2.24, 2.45) is 0 Å². The van der Waals surface area contributed by atoms with Gasteiger partial charge >= 0.3 is 0 Å². The van der Waals surface area contributed by atoms with Crippen LogP contribution >= 0.6 is 11.3 Å². The smallest absolute Gasteiger partial charge is 0.125 e. The van der Waals surface area contributed by atoms with Gasteiger partial charge in [0, 0.05) is 10.4 Å². The van der Waals surface area contributed by atoms with Crippen molar-refractivity contribution in [3.8, 4) is 11.5 Å². The van der Waals surface area contributed by atoms with Crippen LogP contribution in [0.25, 0.3) is 0 Å². The number of methoxy groups -OCH3 is 2.